The molecule has 264 valence electrons. The van der Waals surface area contributed by atoms with E-state index < -0.39 is 0 Å². The predicted molar refractivity (Wildman–Crippen MR) is 241 cm³/mol. The summed E-state index contributed by atoms with van der Waals surface area (Å²) < 4.78 is 2.63. The van der Waals surface area contributed by atoms with Gasteiger partial charge in [0, 0.05) is 42.8 Å². The van der Waals surface area contributed by atoms with Crippen molar-refractivity contribution >= 4 is 48.6 Å². The second kappa shape index (κ2) is 14.7. The maximum absolute atomic E-state index is 2.34. The van der Waals surface area contributed by atoms with E-state index in [-0.39, 0.29) is 0 Å². The summed E-state index contributed by atoms with van der Waals surface area (Å²) in [4.78, 5) is 2.34. The molecule has 9 aromatic carbocycles. The number of para-hydroxylation sites is 1. The normalized spacial score (nSPS) is 11.2. The molecule has 0 radical (unpaired) electrons. The molecule has 0 aliphatic carbocycles. The van der Waals surface area contributed by atoms with Gasteiger partial charge in [0.2, 0.25) is 0 Å². The summed E-state index contributed by atoms with van der Waals surface area (Å²) in [5.41, 5.74) is 15.6. The van der Waals surface area contributed by atoms with Crippen LogP contribution in [0.4, 0.5) is 17.1 Å². The highest BCUT2D eigenvalue weighted by Crippen LogP contribution is 2.46. The Balaban J connectivity index is 1.02. The van der Waals surface area contributed by atoms with Crippen LogP contribution in [0.2, 0.25) is 0 Å². The van der Waals surface area contributed by atoms with E-state index >= 15 is 0 Å². The zero-order valence-corrected chi connectivity index (χ0v) is 31.5. The van der Waals surface area contributed by atoms with Gasteiger partial charge in [0.25, 0.3) is 0 Å². The Labute approximate surface area is 332 Å². The first kappa shape index (κ1) is 33.6. The number of thiophene rings is 1. The molecule has 2 heteroatoms. The van der Waals surface area contributed by atoms with Crippen molar-refractivity contribution in [1.29, 1.82) is 0 Å². The zero-order chi connectivity index (χ0) is 37.3. The lowest BCUT2D eigenvalue weighted by Gasteiger charge is -2.26. The highest BCUT2D eigenvalue weighted by molar-refractivity contribution is 7.26. The SMILES string of the molecule is c1ccc(-c2ccc(-c3ccc(N(c4ccccc4)c4ccc(-c5ccc6c(sc7ccccc76)c5-c5ccc(-c6ccccc6)cc5)cc4)cc3)cc2)cc1. The minimum atomic E-state index is 1.11. The van der Waals surface area contributed by atoms with Crippen LogP contribution in [0.3, 0.4) is 0 Å². The Morgan fingerprint density at radius 2 is 0.661 bits per heavy atom. The first-order chi connectivity index (χ1) is 27.8. The third kappa shape index (κ3) is 6.36. The fourth-order valence-electron chi connectivity index (χ4n) is 7.88. The Morgan fingerprint density at radius 3 is 1.20 bits per heavy atom. The number of fused-ring (bicyclic) bond motifs is 3. The number of hydrogen-bond donors (Lipinski definition) is 0. The lowest BCUT2D eigenvalue weighted by molar-refractivity contribution is 1.28. The largest absolute Gasteiger partial charge is 0.311 e. The van der Waals surface area contributed by atoms with Gasteiger partial charge in [-0.3, -0.25) is 0 Å². The molecular formula is C54H37NS. The molecule has 0 aliphatic heterocycles. The molecular weight excluding hydrogens is 695 g/mol. The van der Waals surface area contributed by atoms with E-state index in [1.165, 1.54) is 75.8 Å². The van der Waals surface area contributed by atoms with Gasteiger partial charge in [0.15, 0.2) is 0 Å². The van der Waals surface area contributed by atoms with Crippen LogP contribution in [0.25, 0.3) is 75.8 Å². The van der Waals surface area contributed by atoms with E-state index in [0.29, 0.717) is 0 Å². The summed E-state index contributed by atoms with van der Waals surface area (Å²) in [6, 6.07) is 81.1. The van der Waals surface area contributed by atoms with E-state index in [2.05, 4.69) is 229 Å². The molecule has 56 heavy (non-hydrogen) atoms. The Hall–Kier alpha value is -7.00. The zero-order valence-electron chi connectivity index (χ0n) is 30.7. The third-order valence-electron chi connectivity index (χ3n) is 10.7. The molecule has 0 saturated heterocycles. The van der Waals surface area contributed by atoms with Crippen LogP contribution in [-0.4, -0.2) is 0 Å². The van der Waals surface area contributed by atoms with E-state index in [9.17, 15) is 0 Å². The summed E-state index contributed by atoms with van der Waals surface area (Å²) in [6.45, 7) is 0. The predicted octanol–water partition coefficient (Wildman–Crippen LogP) is 15.9. The van der Waals surface area contributed by atoms with Crippen molar-refractivity contribution < 1.29 is 0 Å². The Bertz CT molecular complexity index is 2900. The number of nitrogens with zero attached hydrogens (tertiary/aromatic N) is 1. The maximum atomic E-state index is 2.34. The van der Waals surface area contributed by atoms with Gasteiger partial charge >= 0.3 is 0 Å². The molecule has 10 aromatic rings. The minimum Gasteiger partial charge on any atom is -0.311 e. The fraction of sp³-hybridized carbons (Fsp3) is 0. The van der Waals surface area contributed by atoms with Gasteiger partial charge in [-0.2, -0.15) is 0 Å². The molecule has 0 spiro atoms. The molecule has 0 N–H and O–H groups in total. The quantitative estimate of drug-likeness (QED) is 0.150. The van der Waals surface area contributed by atoms with Gasteiger partial charge in [-0.15, -0.1) is 11.3 Å². The monoisotopic (exact) mass is 731 g/mol. The lowest BCUT2D eigenvalue weighted by Crippen LogP contribution is -2.09. The highest BCUT2D eigenvalue weighted by atomic mass is 32.1. The second-order valence-electron chi connectivity index (χ2n) is 14.1. The van der Waals surface area contributed by atoms with Crippen LogP contribution in [0, 0.1) is 0 Å². The number of benzene rings is 9. The molecule has 0 amide bonds. The van der Waals surface area contributed by atoms with Crippen molar-refractivity contribution in [2.24, 2.45) is 0 Å². The van der Waals surface area contributed by atoms with Crippen LogP contribution in [0.5, 0.6) is 0 Å². The Morgan fingerprint density at radius 1 is 0.268 bits per heavy atom. The first-order valence-electron chi connectivity index (χ1n) is 19.1. The van der Waals surface area contributed by atoms with Gasteiger partial charge in [0.05, 0.1) is 0 Å². The summed E-state index contributed by atoms with van der Waals surface area (Å²) in [5.74, 6) is 0. The second-order valence-corrected chi connectivity index (χ2v) is 15.2. The highest BCUT2D eigenvalue weighted by Gasteiger charge is 2.18. The van der Waals surface area contributed by atoms with Crippen molar-refractivity contribution in [1.82, 2.24) is 0 Å². The molecule has 10 rings (SSSR count). The third-order valence-corrected chi connectivity index (χ3v) is 11.9. The van der Waals surface area contributed by atoms with Crippen LogP contribution >= 0.6 is 11.3 Å². The summed E-state index contributed by atoms with van der Waals surface area (Å²) in [6.07, 6.45) is 0. The molecule has 0 aliphatic rings. The molecule has 0 saturated carbocycles. The molecule has 0 unspecified atom stereocenters. The smallest absolute Gasteiger partial charge is 0.0462 e. The van der Waals surface area contributed by atoms with E-state index in [4.69, 9.17) is 0 Å². The number of hydrogen-bond acceptors (Lipinski definition) is 2. The van der Waals surface area contributed by atoms with Crippen molar-refractivity contribution in [3.05, 3.63) is 224 Å². The van der Waals surface area contributed by atoms with Crippen molar-refractivity contribution in [3.8, 4) is 55.6 Å². The van der Waals surface area contributed by atoms with Crippen LogP contribution in [-0.2, 0) is 0 Å². The van der Waals surface area contributed by atoms with Crippen molar-refractivity contribution in [3.63, 3.8) is 0 Å². The van der Waals surface area contributed by atoms with Crippen LogP contribution in [0.15, 0.2) is 224 Å². The molecule has 1 aromatic heterocycles. The summed E-state index contributed by atoms with van der Waals surface area (Å²) >= 11 is 1.89. The molecule has 1 heterocycles. The molecule has 1 nitrogen and oxygen atoms in total. The topological polar surface area (TPSA) is 3.24 Å². The Kier molecular flexibility index (Phi) is 8.79. The van der Waals surface area contributed by atoms with E-state index in [1.807, 2.05) is 11.3 Å². The summed E-state index contributed by atoms with van der Waals surface area (Å²) in [5, 5.41) is 2.62. The maximum Gasteiger partial charge on any atom is 0.0462 e. The van der Waals surface area contributed by atoms with Gasteiger partial charge in [-0.1, -0.05) is 182 Å². The van der Waals surface area contributed by atoms with Crippen LogP contribution < -0.4 is 4.90 Å². The minimum absolute atomic E-state index is 1.11. The van der Waals surface area contributed by atoms with Gasteiger partial charge in [-0.05, 0) is 92.5 Å². The van der Waals surface area contributed by atoms with Gasteiger partial charge in [-0.25, -0.2) is 0 Å². The molecule has 0 fully saturated rings. The van der Waals surface area contributed by atoms with E-state index in [1.54, 1.807) is 0 Å². The van der Waals surface area contributed by atoms with Crippen LogP contribution in [0.1, 0.15) is 0 Å². The fourth-order valence-corrected chi connectivity index (χ4v) is 9.15. The standard InChI is InChI=1S/C54H37NS/c1-4-12-38(13-5-1)40-20-22-42(23-21-40)43-28-32-47(33-29-43)55(46-16-8-3-9-17-46)48-34-30-44(31-35-48)49-36-37-51-50-18-10-11-19-52(50)56-54(51)53(49)45-26-24-41(25-27-45)39-14-6-2-7-15-39/h1-37H. The van der Waals surface area contributed by atoms with Crippen molar-refractivity contribution in [2.75, 3.05) is 4.90 Å². The number of anilines is 3. The van der Waals surface area contributed by atoms with Gasteiger partial charge < -0.3 is 4.90 Å². The molecule has 0 bridgehead atoms. The summed E-state index contributed by atoms with van der Waals surface area (Å²) in [7, 11) is 0. The van der Waals surface area contributed by atoms with E-state index in [0.717, 1.165) is 17.1 Å². The lowest BCUT2D eigenvalue weighted by atomic mass is 9.91. The molecule has 0 atom stereocenters. The first-order valence-corrected chi connectivity index (χ1v) is 19.9. The average molecular weight is 732 g/mol. The van der Waals surface area contributed by atoms with Gasteiger partial charge in [0.1, 0.15) is 0 Å². The number of rotatable bonds is 8. The van der Waals surface area contributed by atoms with Crippen molar-refractivity contribution in [2.45, 2.75) is 0 Å². The average Bonchev–Trinajstić information content (AvgIpc) is 3.67.